The normalized spacial score (nSPS) is 13.3. The van der Waals surface area contributed by atoms with Crippen molar-refractivity contribution in [3.63, 3.8) is 0 Å². The molecule has 1 atom stereocenters. The summed E-state index contributed by atoms with van der Waals surface area (Å²) in [6.45, 7) is 5.45. The minimum Gasteiger partial charge on any atom is -0.497 e. The van der Waals surface area contributed by atoms with E-state index < -0.39 is 16.1 Å². The Balaban J connectivity index is 1.72. The van der Waals surface area contributed by atoms with Crippen molar-refractivity contribution in [2.75, 3.05) is 44.0 Å². The van der Waals surface area contributed by atoms with Crippen LogP contribution in [0.15, 0.2) is 42.5 Å². The minimum absolute atomic E-state index is 0.0688. The Morgan fingerprint density at radius 1 is 1.05 bits per heavy atom. The first kappa shape index (κ1) is 30.1. The largest absolute Gasteiger partial charge is 0.497 e. The standard InChI is InChI=1S/C28H39N3O7S/c1-5-6-15-29-28(33)21(2)30(20-22-9-12-24(36-3)13-10-22)27(32)8-7-16-31(39(4,34)35)23-11-14-25-26(19-23)38-18-17-37-25/h9-14,19,21H,5-8,15-18,20H2,1-4H3,(H,29,33). The van der Waals surface area contributed by atoms with Gasteiger partial charge in [-0.2, -0.15) is 0 Å². The van der Waals surface area contributed by atoms with Gasteiger partial charge in [-0.05, 0) is 49.6 Å². The second kappa shape index (κ2) is 14.1. The highest BCUT2D eigenvalue weighted by Gasteiger charge is 2.27. The number of carbonyl (C=O) groups is 2. The van der Waals surface area contributed by atoms with E-state index >= 15 is 0 Å². The summed E-state index contributed by atoms with van der Waals surface area (Å²) >= 11 is 0. The minimum atomic E-state index is -3.62. The Morgan fingerprint density at radius 2 is 1.74 bits per heavy atom. The number of benzene rings is 2. The lowest BCUT2D eigenvalue weighted by atomic mass is 10.1. The molecule has 1 unspecified atom stereocenters. The predicted octanol–water partition coefficient (Wildman–Crippen LogP) is 3.35. The van der Waals surface area contributed by atoms with E-state index in [0.29, 0.717) is 42.7 Å². The molecule has 0 spiro atoms. The fourth-order valence-electron chi connectivity index (χ4n) is 4.24. The quantitative estimate of drug-likeness (QED) is 0.352. The number of hydrogen-bond acceptors (Lipinski definition) is 7. The van der Waals surface area contributed by atoms with Gasteiger partial charge in [-0.3, -0.25) is 13.9 Å². The first-order valence-electron chi connectivity index (χ1n) is 13.2. The molecule has 2 amide bonds. The Hall–Kier alpha value is -3.47. The van der Waals surface area contributed by atoms with Crippen LogP contribution in [0.1, 0.15) is 45.1 Å². The van der Waals surface area contributed by atoms with Crippen molar-refractivity contribution in [2.45, 2.75) is 52.1 Å². The molecule has 214 valence electrons. The van der Waals surface area contributed by atoms with Crippen LogP contribution in [0.5, 0.6) is 17.2 Å². The van der Waals surface area contributed by atoms with Crippen molar-refractivity contribution in [1.82, 2.24) is 10.2 Å². The number of nitrogens with zero attached hydrogens (tertiary/aromatic N) is 2. The molecule has 2 aromatic rings. The SMILES string of the molecule is CCCCNC(=O)C(C)N(Cc1ccc(OC)cc1)C(=O)CCCN(c1ccc2c(c1)OCCO2)S(C)(=O)=O. The van der Waals surface area contributed by atoms with Gasteiger partial charge in [-0.25, -0.2) is 8.42 Å². The summed E-state index contributed by atoms with van der Waals surface area (Å²) in [5, 5.41) is 2.90. The topological polar surface area (TPSA) is 114 Å². The summed E-state index contributed by atoms with van der Waals surface area (Å²) in [5.74, 6) is 1.28. The van der Waals surface area contributed by atoms with Gasteiger partial charge in [-0.15, -0.1) is 0 Å². The van der Waals surface area contributed by atoms with Crippen LogP contribution in [-0.2, 0) is 26.2 Å². The summed E-state index contributed by atoms with van der Waals surface area (Å²) in [6, 6.07) is 11.6. The molecule has 11 heteroatoms. The number of anilines is 1. The van der Waals surface area contributed by atoms with Crippen molar-refractivity contribution in [3.05, 3.63) is 48.0 Å². The van der Waals surface area contributed by atoms with Crippen molar-refractivity contribution in [3.8, 4) is 17.2 Å². The molecule has 1 heterocycles. The highest BCUT2D eigenvalue weighted by Crippen LogP contribution is 2.34. The number of fused-ring (bicyclic) bond motifs is 1. The summed E-state index contributed by atoms with van der Waals surface area (Å²) in [7, 11) is -2.04. The summed E-state index contributed by atoms with van der Waals surface area (Å²) in [6.07, 6.45) is 3.27. The lowest BCUT2D eigenvalue weighted by Crippen LogP contribution is -2.47. The molecule has 0 saturated heterocycles. The van der Waals surface area contributed by atoms with Crippen LogP contribution in [-0.4, -0.2) is 70.8 Å². The maximum absolute atomic E-state index is 13.4. The van der Waals surface area contributed by atoms with E-state index in [2.05, 4.69) is 5.32 Å². The van der Waals surface area contributed by atoms with Gasteiger partial charge in [0.2, 0.25) is 21.8 Å². The predicted molar refractivity (Wildman–Crippen MR) is 150 cm³/mol. The van der Waals surface area contributed by atoms with Crippen LogP contribution in [0.2, 0.25) is 0 Å². The van der Waals surface area contributed by atoms with E-state index in [1.54, 1.807) is 44.4 Å². The summed E-state index contributed by atoms with van der Waals surface area (Å²) in [5.41, 5.74) is 1.29. The summed E-state index contributed by atoms with van der Waals surface area (Å²) in [4.78, 5) is 27.8. The second-order valence-electron chi connectivity index (χ2n) is 9.46. The van der Waals surface area contributed by atoms with Gasteiger partial charge in [-0.1, -0.05) is 25.5 Å². The lowest BCUT2D eigenvalue weighted by Gasteiger charge is -2.29. The molecule has 0 aliphatic carbocycles. The first-order valence-corrected chi connectivity index (χ1v) is 15.1. The van der Waals surface area contributed by atoms with E-state index in [-0.39, 0.29) is 37.7 Å². The van der Waals surface area contributed by atoms with Crippen LogP contribution < -0.4 is 23.8 Å². The summed E-state index contributed by atoms with van der Waals surface area (Å²) < 4.78 is 42.9. The Bertz CT molecular complexity index is 1220. The number of rotatable bonds is 14. The Kier molecular flexibility index (Phi) is 10.8. The molecule has 0 aromatic heterocycles. The molecule has 39 heavy (non-hydrogen) atoms. The van der Waals surface area contributed by atoms with E-state index in [9.17, 15) is 18.0 Å². The number of carbonyl (C=O) groups excluding carboxylic acids is 2. The van der Waals surface area contributed by atoms with Gasteiger partial charge in [0.1, 0.15) is 25.0 Å². The van der Waals surface area contributed by atoms with Crippen LogP contribution in [0.3, 0.4) is 0 Å². The molecule has 0 radical (unpaired) electrons. The van der Waals surface area contributed by atoms with E-state index in [0.717, 1.165) is 24.7 Å². The zero-order chi connectivity index (χ0) is 28.4. The van der Waals surface area contributed by atoms with Crippen LogP contribution in [0, 0.1) is 0 Å². The molecular formula is C28H39N3O7S. The average Bonchev–Trinajstić information content (AvgIpc) is 2.93. The van der Waals surface area contributed by atoms with E-state index in [4.69, 9.17) is 14.2 Å². The van der Waals surface area contributed by atoms with Gasteiger partial charge in [0, 0.05) is 32.1 Å². The zero-order valence-corrected chi connectivity index (χ0v) is 24.0. The molecular weight excluding hydrogens is 522 g/mol. The molecule has 1 aliphatic heterocycles. The highest BCUT2D eigenvalue weighted by atomic mass is 32.2. The van der Waals surface area contributed by atoms with E-state index in [1.165, 1.54) is 9.21 Å². The molecule has 2 aromatic carbocycles. The van der Waals surface area contributed by atoms with Crippen molar-refractivity contribution in [1.29, 1.82) is 0 Å². The fraction of sp³-hybridized carbons (Fsp3) is 0.500. The third-order valence-electron chi connectivity index (χ3n) is 6.47. The number of nitrogens with one attached hydrogen (secondary N) is 1. The van der Waals surface area contributed by atoms with Crippen molar-refractivity contribution < 1.29 is 32.2 Å². The molecule has 0 bridgehead atoms. The first-order chi connectivity index (χ1) is 18.6. The zero-order valence-electron chi connectivity index (χ0n) is 23.1. The van der Waals surface area contributed by atoms with Gasteiger partial charge >= 0.3 is 0 Å². The number of hydrogen-bond donors (Lipinski definition) is 1. The molecule has 3 rings (SSSR count). The van der Waals surface area contributed by atoms with Gasteiger partial charge in [0.25, 0.3) is 0 Å². The van der Waals surface area contributed by atoms with Crippen LogP contribution in [0.25, 0.3) is 0 Å². The van der Waals surface area contributed by atoms with Crippen molar-refractivity contribution in [2.24, 2.45) is 0 Å². The van der Waals surface area contributed by atoms with Crippen molar-refractivity contribution >= 4 is 27.5 Å². The smallest absolute Gasteiger partial charge is 0.242 e. The maximum atomic E-state index is 13.4. The molecule has 0 fully saturated rings. The Morgan fingerprint density at radius 3 is 2.38 bits per heavy atom. The molecule has 1 N–H and O–H groups in total. The van der Waals surface area contributed by atoms with Gasteiger partial charge < -0.3 is 24.4 Å². The number of sulfonamides is 1. The average molecular weight is 562 g/mol. The number of methoxy groups -OCH3 is 1. The molecule has 10 nitrogen and oxygen atoms in total. The molecule has 1 aliphatic rings. The fourth-order valence-corrected chi connectivity index (χ4v) is 5.19. The number of amides is 2. The maximum Gasteiger partial charge on any atom is 0.242 e. The van der Waals surface area contributed by atoms with Gasteiger partial charge in [0.15, 0.2) is 11.5 Å². The highest BCUT2D eigenvalue weighted by molar-refractivity contribution is 7.92. The van der Waals surface area contributed by atoms with E-state index in [1.807, 2.05) is 19.1 Å². The van der Waals surface area contributed by atoms with Crippen LogP contribution in [0.4, 0.5) is 5.69 Å². The Labute approximate surface area is 231 Å². The number of ether oxygens (including phenoxy) is 3. The van der Waals surface area contributed by atoms with Gasteiger partial charge in [0.05, 0.1) is 19.1 Å². The van der Waals surface area contributed by atoms with Crippen LogP contribution >= 0.6 is 0 Å². The monoisotopic (exact) mass is 561 g/mol. The number of unbranched alkanes of at least 4 members (excludes halogenated alkanes) is 1. The third-order valence-corrected chi connectivity index (χ3v) is 7.67. The lowest BCUT2D eigenvalue weighted by molar-refractivity contribution is -0.140. The molecule has 0 saturated carbocycles. The third kappa shape index (κ3) is 8.51. The second-order valence-corrected chi connectivity index (χ2v) is 11.4.